The predicted molar refractivity (Wildman–Crippen MR) is 120 cm³/mol. The largest absolute Gasteiger partial charge is 0.437 e. The number of nitrogens with zero attached hydrogens (tertiary/aromatic N) is 6. The van der Waals surface area contributed by atoms with E-state index in [4.69, 9.17) is 16.0 Å². The number of fused-ring (bicyclic) bond motifs is 3. The van der Waals surface area contributed by atoms with E-state index in [-0.39, 0.29) is 23.0 Å². The van der Waals surface area contributed by atoms with E-state index in [1.807, 2.05) is 13.0 Å². The quantitative estimate of drug-likeness (QED) is 0.598. The summed E-state index contributed by atoms with van der Waals surface area (Å²) < 4.78 is 6.34. The molecule has 0 radical (unpaired) electrons. The maximum absolute atomic E-state index is 13.7. The fourth-order valence-electron chi connectivity index (χ4n) is 4.28. The second-order valence-corrected chi connectivity index (χ2v) is 8.18. The number of halogens is 1. The SMILES string of the molecule is CCNc1nc(Cl)c2c(n1)N1CCC[C@H]1CN(c1cccc(-c3nn(C)c(=O)o3)c1)C2=O. The molecule has 5 rings (SSSR count). The molecule has 2 aliphatic rings. The van der Waals surface area contributed by atoms with Crippen molar-refractivity contribution in [3.63, 3.8) is 0 Å². The Morgan fingerprint density at radius 3 is 2.88 bits per heavy atom. The zero-order valence-corrected chi connectivity index (χ0v) is 18.5. The Morgan fingerprint density at radius 2 is 2.12 bits per heavy atom. The van der Waals surface area contributed by atoms with Gasteiger partial charge in [0, 0.05) is 44.0 Å². The Labute approximate surface area is 188 Å². The average Bonchev–Trinajstić information content (AvgIpc) is 3.35. The van der Waals surface area contributed by atoms with E-state index in [1.54, 1.807) is 23.1 Å². The molecule has 1 amide bonds. The lowest BCUT2D eigenvalue weighted by Crippen LogP contribution is -2.39. The predicted octanol–water partition coefficient (Wildman–Crippen LogP) is 2.54. The van der Waals surface area contributed by atoms with Crippen LogP contribution < -0.4 is 20.9 Å². The molecule has 1 saturated heterocycles. The van der Waals surface area contributed by atoms with Crippen LogP contribution in [0, 0.1) is 0 Å². The number of benzene rings is 1. The number of anilines is 3. The van der Waals surface area contributed by atoms with E-state index in [2.05, 4.69) is 25.3 Å². The average molecular weight is 456 g/mol. The van der Waals surface area contributed by atoms with E-state index in [0.717, 1.165) is 24.1 Å². The molecule has 166 valence electrons. The Bertz CT molecular complexity index is 1250. The summed E-state index contributed by atoms with van der Waals surface area (Å²) in [5.74, 6) is 0.369. The van der Waals surface area contributed by atoms with Crippen LogP contribution in [-0.2, 0) is 7.05 Å². The van der Waals surface area contributed by atoms with Crippen molar-refractivity contribution in [1.82, 2.24) is 19.7 Å². The van der Waals surface area contributed by atoms with Crippen LogP contribution in [0.15, 0.2) is 33.5 Å². The normalized spacial score (nSPS) is 17.8. The van der Waals surface area contributed by atoms with Crippen LogP contribution in [0.25, 0.3) is 11.5 Å². The van der Waals surface area contributed by atoms with Gasteiger partial charge >= 0.3 is 5.76 Å². The lowest BCUT2D eigenvalue weighted by molar-refractivity contribution is 0.0988. The van der Waals surface area contributed by atoms with E-state index < -0.39 is 5.76 Å². The minimum absolute atomic E-state index is 0.108. The molecule has 32 heavy (non-hydrogen) atoms. The minimum atomic E-state index is -0.549. The van der Waals surface area contributed by atoms with Crippen LogP contribution in [0.5, 0.6) is 0 Å². The van der Waals surface area contributed by atoms with Crippen LogP contribution >= 0.6 is 11.6 Å². The molecule has 2 aliphatic heterocycles. The smallest absolute Gasteiger partial charge is 0.388 e. The highest BCUT2D eigenvalue weighted by Crippen LogP contribution is 2.37. The first kappa shape index (κ1) is 20.5. The second-order valence-electron chi connectivity index (χ2n) is 7.82. The van der Waals surface area contributed by atoms with E-state index in [1.165, 1.54) is 7.05 Å². The highest BCUT2D eigenvalue weighted by molar-refractivity contribution is 6.34. The van der Waals surface area contributed by atoms with Crippen LogP contribution in [0.1, 0.15) is 30.1 Å². The lowest BCUT2D eigenvalue weighted by Gasteiger charge is -2.27. The Morgan fingerprint density at radius 1 is 1.28 bits per heavy atom. The standard InChI is InChI=1S/C21H22ClN7O3/c1-3-23-20-24-16(22)15-17(25-20)28-9-5-8-14(28)11-29(19(15)30)13-7-4-6-12(10-13)18-26-27(2)21(31)32-18/h4,6-7,10,14H,3,5,8-9,11H2,1-2H3,(H,23,24,25)/t14-/m0/s1. The van der Waals surface area contributed by atoms with Crippen LogP contribution in [0.4, 0.5) is 17.5 Å². The summed E-state index contributed by atoms with van der Waals surface area (Å²) in [6.45, 7) is 3.88. The molecule has 0 unspecified atom stereocenters. The van der Waals surface area contributed by atoms with Crippen molar-refractivity contribution in [2.45, 2.75) is 25.8 Å². The highest BCUT2D eigenvalue weighted by atomic mass is 35.5. The number of hydrogen-bond acceptors (Lipinski definition) is 8. The van der Waals surface area contributed by atoms with Gasteiger partial charge in [0.25, 0.3) is 5.91 Å². The van der Waals surface area contributed by atoms with Gasteiger partial charge in [-0.05, 0) is 38.0 Å². The molecule has 1 atom stereocenters. The lowest BCUT2D eigenvalue weighted by atomic mass is 10.1. The molecule has 0 spiro atoms. The number of aromatic nitrogens is 4. The maximum atomic E-state index is 13.7. The third-order valence-corrected chi connectivity index (χ3v) is 6.05. The van der Waals surface area contributed by atoms with Gasteiger partial charge in [-0.2, -0.15) is 9.67 Å². The Kier molecular flexibility index (Phi) is 5.09. The summed E-state index contributed by atoms with van der Waals surface area (Å²) in [5.41, 5.74) is 1.56. The maximum Gasteiger partial charge on any atom is 0.437 e. The Hall–Kier alpha value is -3.40. The van der Waals surface area contributed by atoms with Gasteiger partial charge in [0.1, 0.15) is 16.5 Å². The van der Waals surface area contributed by atoms with Gasteiger partial charge < -0.3 is 19.5 Å². The minimum Gasteiger partial charge on any atom is -0.388 e. The summed E-state index contributed by atoms with van der Waals surface area (Å²) in [7, 11) is 1.52. The van der Waals surface area contributed by atoms with Crippen LogP contribution in [0.2, 0.25) is 5.15 Å². The van der Waals surface area contributed by atoms with Gasteiger partial charge in [0.2, 0.25) is 11.8 Å². The number of hydrogen-bond donors (Lipinski definition) is 1. The summed E-state index contributed by atoms with van der Waals surface area (Å²) >= 11 is 6.51. The summed E-state index contributed by atoms with van der Waals surface area (Å²) in [5, 5.41) is 7.32. The molecule has 2 aromatic heterocycles. The van der Waals surface area contributed by atoms with Gasteiger partial charge in [-0.1, -0.05) is 17.7 Å². The molecule has 0 saturated carbocycles. The topological polar surface area (TPSA) is 109 Å². The molecule has 0 bridgehead atoms. The van der Waals surface area contributed by atoms with Gasteiger partial charge in [-0.15, -0.1) is 5.10 Å². The van der Waals surface area contributed by atoms with Gasteiger partial charge in [-0.25, -0.2) is 9.78 Å². The number of rotatable bonds is 4. The molecule has 1 fully saturated rings. The van der Waals surface area contributed by atoms with Gasteiger partial charge in [0.15, 0.2) is 0 Å². The third kappa shape index (κ3) is 3.40. The molecule has 1 N–H and O–H groups in total. The number of amides is 1. The molecule has 11 heteroatoms. The molecule has 4 heterocycles. The van der Waals surface area contributed by atoms with Crippen molar-refractivity contribution in [2.24, 2.45) is 7.05 Å². The van der Waals surface area contributed by atoms with E-state index >= 15 is 0 Å². The van der Waals surface area contributed by atoms with Crippen LogP contribution in [0.3, 0.4) is 0 Å². The number of aryl methyl sites for hydroxylation is 1. The van der Waals surface area contributed by atoms with E-state index in [0.29, 0.717) is 41.7 Å². The van der Waals surface area contributed by atoms with Crippen molar-refractivity contribution in [1.29, 1.82) is 0 Å². The van der Waals surface area contributed by atoms with Crippen molar-refractivity contribution >= 4 is 35.0 Å². The number of carbonyl (C=O) groups excluding carboxylic acids is 1. The fraction of sp³-hybridized carbons (Fsp3) is 0.381. The van der Waals surface area contributed by atoms with E-state index in [9.17, 15) is 9.59 Å². The van der Waals surface area contributed by atoms with Crippen LogP contribution in [-0.4, -0.2) is 51.3 Å². The number of nitrogens with one attached hydrogen (secondary N) is 1. The fourth-order valence-corrected chi connectivity index (χ4v) is 4.52. The molecule has 3 aromatic rings. The van der Waals surface area contributed by atoms with Gasteiger partial charge in [-0.3, -0.25) is 4.79 Å². The first-order valence-corrected chi connectivity index (χ1v) is 10.9. The third-order valence-electron chi connectivity index (χ3n) is 5.78. The summed E-state index contributed by atoms with van der Waals surface area (Å²) in [6.07, 6.45) is 1.94. The molecule has 1 aromatic carbocycles. The summed E-state index contributed by atoms with van der Waals surface area (Å²) in [6, 6.07) is 7.32. The van der Waals surface area contributed by atoms with Crippen molar-refractivity contribution < 1.29 is 9.21 Å². The van der Waals surface area contributed by atoms with Crippen molar-refractivity contribution in [3.8, 4) is 11.5 Å². The second kappa shape index (κ2) is 7.94. The van der Waals surface area contributed by atoms with Crippen molar-refractivity contribution in [3.05, 3.63) is 45.5 Å². The molecule has 10 nitrogen and oxygen atoms in total. The molecular weight excluding hydrogens is 434 g/mol. The molecular formula is C21H22ClN7O3. The zero-order valence-electron chi connectivity index (χ0n) is 17.7. The Balaban J connectivity index is 1.60. The van der Waals surface area contributed by atoms with Crippen molar-refractivity contribution in [2.75, 3.05) is 34.8 Å². The monoisotopic (exact) mass is 455 g/mol. The molecule has 0 aliphatic carbocycles. The first-order valence-electron chi connectivity index (χ1n) is 10.5. The number of carbonyl (C=O) groups is 1. The highest BCUT2D eigenvalue weighted by Gasteiger charge is 2.39. The first-order chi connectivity index (χ1) is 15.5. The zero-order chi connectivity index (χ0) is 22.4. The summed E-state index contributed by atoms with van der Waals surface area (Å²) in [4.78, 5) is 38.2. The van der Waals surface area contributed by atoms with Gasteiger partial charge in [0.05, 0.1) is 0 Å².